The minimum atomic E-state index is -0.634. The molecule has 3 rings (SSSR count). The Kier molecular flexibility index (Phi) is 2.83. The molecule has 6 heteroatoms. The molecular weight excluding hydrogens is 247 g/mol. The van der Waals surface area contributed by atoms with E-state index in [2.05, 4.69) is 15.1 Å². The molecule has 0 amide bonds. The van der Waals surface area contributed by atoms with Gasteiger partial charge in [0.2, 0.25) is 11.8 Å². The van der Waals surface area contributed by atoms with Crippen molar-refractivity contribution in [2.45, 2.75) is 6.92 Å². The summed E-state index contributed by atoms with van der Waals surface area (Å²) in [6, 6.07) is 8.62. The van der Waals surface area contributed by atoms with Gasteiger partial charge in [-0.3, -0.25) is 0 Å². The topological polar surface area (TPSA) is 52.3 Å². The Labute approximate surface area is 108 Å². The van der Waals surface area contributed by atoms with Gasteiger partial charge in [0.05, 0.1) is 18.2 Å². The van der Waals surface area contributed by atoms with E-state index in [-0.39, 0.29) is 11.7 Å². The van der Waals surface area contributed by atoms with Gasteiger partial charge in [0, 0.05) is 6.20 Å². The summed E-state index contributed by atoms with van der Waals surface area (Å²) in [6.07, 6.45) is 1.81. The molecule has 0 bridgehead atoms. The van der Waals surface area contributed by atoms with Crippen LogP contribution in [0.2, 0.25) is 0 Å². The lowest BCUT2D eigenvalue weighted by molar-refractivity contribution is 0.323. The van der Waals surface area contributed by atoms with Crippen molar-refractivity contribution in [2.24, 2.45) is 0 Å². The second-order valence-electron chi connectivity index (χ2n) is 3.89. The first-order valence-corrected chi connectivity index (χ1v) is 5.88. The minimum absolute atomic E-state index is 0.210. The van der Waals surface area contributed by atoms with Crippen molar-refractivity contribution >= 4 is 5.52 Å². The number of fused-ring (bicyclic) bond motifs is 1. The molecule has 0 spiro atoms. The molecule has 0 unspecified atom stereocenters. The van der Waals surface area contributed by atoms with Crippen molar-refractivity contribution in [2.75, 3.05) is 6.61 Å². The number of pyridine rings is 1. The molecule has 5 nitrogen and oxygen atoms in total. The van der Waals surface area contributed by atoms with Gasteiger partial charge >= 0.3 is 0 Å². The van der Waals surface area contributed by atoms with Gasteiger partial charge in [-0.15, -0.1) is 0 Å². The zero-order valence-corrected chi connectivity index (χ0v) is 10.2. The molecule has 0 aliphatic carbocycles. The standard InChI is InChI=1S/C13H11FN4O/c1-2-19-12-8-11(14)15-13(16-12)10-7-9-5-3-4-6-18(9)17-10/h3-8H,2H2,1H3. The van der Waals surface area contributed by atoms with E-state index in [4.69, 9.17) is 4.74 Å². The maximum Gasteiger partial charge on any atom is 0.220 e. The fourth-order valence-electron chi connectivity index (χ4n) is 1.78. The average molecular weight is 258 g/mol. The fraction of sp³-hybridized carbons (Fsp3) is 0.154. The second-order valence-corrected chi connectivity index (χ2v) is 3.89. The van der Waals surface area contributed by atoms with Gasteiger partial charge in [0.1, 0.15) is 5.69 Å². The van der Waals surface area contributed by atoms with Gasteiger partial charge in [-0.25, -0.2) is 4.52 Å². The first-order valence-electron chi connectivity index (χ1n) is 5.88. The quantitative estimate of drug-likeness (QED) is 0.676. The Morgan fingerprint density at radius 1 is 1.26 bits per heavy atom. The summed E-state index contributed by atoms with van der Waals surface area (Å²) < 4.78 is 20.3. The zero-order chi connectivity index (χ0) is 13.2. The van der Waals surface area contributed by atoms with Gasteiger partial charge in [-0.2, -0.15) is 19.5 Å². The van der Waals surface area contributed by atoms with Crippen molar-refractivity contribution in [3.05, 3.63) is 42.5 Å². The first-order chi connectivity index (χ1) is 9.26. The largest absolute Gasteiger partial charge is 0.478 e. The lowest BCUT2D eigenvalue weighted by Gasteiger charge is -2.02. The van der Waals surface area contributed by atoms with E-state index in [1.54, 1.807) is 10.6 Å². The van der Waals surface area contributed by atoms with E-state index in [0.717, 1.165) is 11.6 Å². The van der Waals surface area contributed by atoms with Crippen LogP contribution in [0.3, 0.4) is 0 Å². The number of aromatic nitrogens is 4. The number of hydrogen-bond acceptors (Lipinski definition) is 4. The van der Waals surface area contributed by atoms with Crippen LogP contribution in [0, 0.1) is 5.95 Å². The highest BCUT2D eigenvalue weighted by molar-refractivity contribution is 5.60. The van der Waals surface area contributed by atoms with Crippen LogP contribution in [0.1, 0.15) is 6.92 Å². The highest BCUT2D eigenvalue weighted by Gasteiger charge is 2.11. The van der Waals surface area contributed by atoms with E-state index < -0.39 is 5.95 Å². The summed E-state index contributed by atoms with van der Waals surface area (Å²) in [5.74, 6) is -0.209. The van der Waals surface area contributed by atoms with E-state index in [1.165, 1.54) is 0 Å². The summed E-state index contributed by atoms with van der Waals surface area (Å²) in [6.45, 7) is 2.23. The van der Waals surface area contributed by atoms with Crippen molar-refractivity contribution in [1.82, 2.24) is 19.6 Å². The Morgan fingerprint density at radius 3 is 2.95 bits per heavy atom. The van der Waals surface area contributed by atoms with Crippen molar-refractivity contribution in [3.8, 4) is 17.4 Å². The highest BCUT2D eigenvalue weighted by Crippen LogP contribution is 2.19. The van der Waals surface area contributed by atoms with Crippen LogP contribution >= 0.6 is 0 Å². The Bertz CT molecular complexity index is 692. The molecule has 0 saturated carbocycles. The van der Waals surface area contributed by atoms with Gasteiger partial charge < -0.3 is 4.74 Å². The average Bonchev–Trinajstić information content (AvgIpc) is 2.82. The molecule has 96 valence electrons. The Balaban J connectivity index is 2.09. The number of ether oxygens (including phenoxy) is 1. The third kappa shape index (κ3) is 2.24. The molecule has 0 aliphatic rings. The number of nitrogens with zero attached hydrogens (tertiary/aromatic N) is 4. The fourth-order valence-corrected chi connectivity index (χ4v) is 1.78. The van der Waals surface area contributed by atoms with Gasteiger partial charge in [0.15, 0.2) is 5.82 Å². The van der Waals surface area contributed by atoms with Crippen LogP contribution in [-0.2, 0) is 0 Å². The van der Waals surface area contributed by atoms with Crippen molar-refractivity contribution in [1.29, 1.82) is 0 Å². The lowest BCUT2D eigenvalue weighted by atomic mass is 10.3. The SMILES string of the molecule is CCOc1cc(F)nc(-c2cc3ccccn3n2)n1. The summed E-state index contributed by atoms with van der Waals surface area (Å²) in [4.78, 5) is 7.89. The van der Waals surface area contributed by atoms with Crippen LogP contribution in [-0.4, -0.2) is 26.2 Å². The summed E-state index contributed by atoms with van der Waals surface area (Å²) in [7, 11) is 0. The second kappa shape index (κ2) is 4.64. The predicted octanol–water partition coefficient (Wildman–Crippen LogP) is 2.33. The highest BCUT2D eigenvalue weighted by atomic mass is 19.1. The van der Waals surface area contributed by atoms with E-state index in [0.29, 0.717) is 12.3 Å². The lowest BCUT2D eigenvalue weighted by Crippen LogP contribution is -2.00. The maximum atomic E-state index is 13.4. The first kappa shape index (κ1) is 11.6. The van der Waals surface area contributed by atoms with Crippen LogP contribution < -0.4 is 4.74 Å². The summed E-state index contributed by atoms with van der Waals surface area (Å²) in [5.41, 5.74) is 1.40. The maximum absolute atomic E-state index is 13.4. The molecule has 0 aromatic carbocycles. The Morgan fingerprint density at radius 2 is 2.16 bits per heavy atom. The molecule has 0 aliphatic heterocycles. The summed E-state index contributed by atoms with van der Waals surface area (Å²) >= 11 is 0. The third-order valence-electron chi connectivity index (χ3n) is 2.56. The van der Waals surface area contributed by atoms with Gasteiger partial charge in [0.25, 0.3) is 0 Å². The molecule has 19 heavy (non-hydrogen) atoms. The molecule has 0 N–H and O–H groups in total. The molecular formula is C13H11FN4O. The molecule has 0 radical (unpaired) electrons. The predicted molar refractivity (Wildman–Crippen MR) is 67.3 cm³/mol. The number of halogens is 1. The molecule has 3 aromatic rings. The molecule has 0 saturated heterocycles. The molecule has 3 heterocycles. The van der Waals surface area contributed by atoms with Crippen LogP contribution in [0.4, 0.5) is 4.39 Å². The van der Waals surface area contributed by atoms with Crippen LogP contribution in [0.5, 0.6) is 5.88 Å². The van der Waals surface area contributed by atoms with Crippen LogP contribution in [0.15, 0.2) is 36.5 Å². The van der Waals surface area contributed by atoms with E-state index >= 15 is 0 Å². The Hall–Kier alpha value is -2.50. The monoisotopic (exact) mass is 258 g/mol. The molecule has 0 fully saturated rings. The van der Waals surface area contributed by atoms with E-state index in [9.17, 15) is 4.39 Å². The summed E-state index contributed by atoms with van der Waals surface area (Å²) in [5, 5.41) is 4.29. The van der Waals surface area contributed by atoms with Crippen molar-refractivity contribution in [3.63, 3.8) is 0 Å². The number of hydrogen-bond donors (Lipinski definition) is 0. The minimum Gasteiger partial charge on any atom is -0.478 e. The molecule has 3 aromatic heterocycles. The normalized spacial score (nSPS) is 10.8. The zero-order valence-electron chi connectivity index (χ0n) is 10.2. The third-order valence-corrected chi connectivity index (χ3v) is 2.56. The smallest absolute Gasteiger partial charge is 0.220 e. The molecule has 0 atom stereocenters. The van der Waals surface area contributed by atoms with Crippen molar-refractivity contribution < 1.29 is 9.13 Å². The van der Waals surface area contributed by atoms with Gasteiger partial charge in [-0.1, -0.05) is 6.07 Å². The van der Waals surface area contributed by atoms with Crippen LogP contribution in [0.25, 0.3) is 17.0 Å². The number of rotatable bonds is 3. The van der Waals surface area contributed by atoms with Gasteiger partial charge in [-0.05, 0) is 25.1 Å². The van der Waals surface area contributed by atoms with E-state index in [1.807, 2.05) is 31.3 Å².